The molecule has 1 atom stereocenters. The van der Waals surface area contributed by atoms with Crippen LogP contribution in [0, 0.1) is 0 Å². The summed E-state index contributed by atoms with van der Waals surface area (Å²) in [5.74, 6) is 0. The maximum absolute atomic E-state index is 4.49. The van der Waals surface area contributed by atoms with E-state index >= 15 is 0 Å². The first-order chi connectivity index (χ1) is 9.72. The quantitative estimate of drug-likeness (QED) is 0.725. The van der Waals surface area contributed by atoms with Gasteiger partial charge in [0.1, 0.15) is 0 Å². The summed E-state index contributed by atoms with van der Waals surface area (Å²) in [5.41, 5.74) is 3.60. The van der Waals surface area contributed by atoms with E-state index in [0.717, 1.165) is 16.5 Å². The molecule has 0 radical (unpaired) electrons. The number of hydrogen-bond donors (Lipinski definition) is 1. The van der Waals surface area contributed by atoms with Gasteiger partial charge in [-0.15, -0.1) is 11.3 Å². The zero-order chi connectivity index (χ0) is 13.9. The summed E-state index contributed by atoms with van der Waals surface area (Å²) in [6.07, 6.45) is 1.97. The average molecular weight is 347 g/mol. The Morgan fingerprint density at radius 2 is 2.05 bits per heavy atom. The van der Waals surface area contributed by atoms with Gasteiger partial charge in [-0.25, -0.2) is 0 Å². The highest BCUT2D eigenvalue weighted by molar-refractivity contribution is 9.10. The van der Waals surface area contributed by atoms with Gasteiger partial charge >= 0.3 is 0 Å². The lowest BCUT2D eigenvalue weighted by atomic mass is 10.1. The molecule has 3 aromatic rings. The van der Waals surface area contributed by atoms with E-state index in [1.165, 1.54) is 15.8 Å². The molecule has 4 heteroatoms. The fourth-order valence-electron chi connectivity index (χ4n) is 2.09. The second-order valence-corrected chi connectivity index (χ2v) is 6.67. The van der Waals surface area contributed by atoms with E-state index in [2.05, 4.69) is 74.9 Å². The second-order valence-electron chi connectivity index (χ2n) is 4.80. The van der Waals surface area contributed by atoms with E-state index in [1.807, 2.05) is 6.20 Å². The van der Waals surface area contributed by atoms with E-state index in [9.17, 15) is 0 Å². The van der Waals surface area contributed by atoms with Gasteiger partial charge in [0, 0.05) is 23.3 Å². The van der Waals surface area contributed by atoms with Crippen LogP contribution in [0.5, 0.6) is 0 Å². The van der Waals surface area contributed by atoms with Gasteiger partial charge in [0.05, 0.1) is 10.2 Å². The van der Waals surface area contributed by atoms with Crippen LogP contribution in [0.3, 0.4) is 0 Å². The number of halogens is 1. The Morgan fingerprint density at radius 3 is 2.85 bits per heavy atom. The van der Waals surface area contributed by atoms with Crippen LogP contribution in [0.1, 0.15) is 24.1 Å². The van der Waals surface area contributed by atoms with Gasteiger partial charge in [0.25, 0.3) is 0 Å². The van der Waals surface area contributed by atoms with Crippen molar-refractivity contribution in [3.8, 4) is 0 Å². The van der Waals surface area contributed by atoms with Crippen molar-refractivity contribution < 1.29 is 0 Å². The molecule has 2 heterocycles. The lowest BCUT2D eigenvalue weighted by molar-refractivity contribution is 0.574. The van der Waals surface area contributed by atoms with E-state index < -0.39 is 0 Å². The molecule has 0 aliphatic rings. The van der Waals surface area contributed by atoms with Crippen LogP contribution in [0.2, 0.25) is 0 Å². The Bertz CT molecular complexity index is 706. The number of nitrogens with one attached hydrogen (secondary N) is 1. The Hall–Kier alpha value is -1.23. The van der Waals surface area contributed by atoms with Gasteiger partial charge in [-0.3, -0.25) is 4.98 Å². The molecule has 1 unspecified atom stereocenters. The third-order valence-corrected chi connectivity index (χ3v) is 4.73. The highest BCUT2D eigenvalue weighted by Crippen LogP contribution is 2.22. The summed E-state index contributed by atoms with van der Waals surface area (Å²) in [6, 6.07) is 13.0. The van der Waals surface area contributed by atoms with Crippen LogP contribution in [0.4, 0.5) is 0 Å². The van der Waals surface area contributed by atoms with Crippen molar-refractivity contribution in [3.63, 3.8) is 0 Å². The third kappa shape index (κ3) is 3.08. The Morgan fingerprint density at radius 1 is 1.25 bits per heavy atom. The minimum absolute atomic E-state index is 0.289. The third-order valence-electron chi connectivity index (χ3n) is 3.35. The Kier molecular flexibility index (Phi) is 4.15. The maximum Gasteiger partial charge on any atom is 0.0809 e. The number of fused-ring (bicyclic) bond motifs is 1. The van der Waals surface area contributed by atoms with Crippen molar-refractivity contribution >= 4 is 37.5 Å². The summed E-state index contributed by atoms with van der Waals surface area (Å²) >= 11 is 5.19. The van der Waals surface area contributed by atoms with Crippen molar-refractivity contribution in [1.82, 2.24) is 10.3 Å². The summed E-state index contributed by atoms with van der Waals surface area (Å²) in [5, 5.41) is 5.63. The van der Waals surface area contributed by atoms with Gasteiger partial charge in [-0.05, 0) is 47.7 Å². The minimum atomic E-state index is 0.289. The molecule has 2 nitrogen and oxygen atoms in total. The van der Waals surface area contributed by atoms with E-state index in [0.29, 0.717) is 0 Å². The lowest BCUT2D eigenvalue weighted by Gasteiger charge is -2.14. The van der Waals surface area contributed by atoms with Gasteiger partial charge < -0.3 is 5.32 Å². The summed E-state index contributed by atoms with van der Waals surface area (Å²) < 4.78 is 2.36. The molecule has 20 heavy (non-hydrogen) atoms. The fourth-order valence-corrected chi connectivity index (χ4v) is 3.14. The number of hydrogen-bond acceptors (Lipinski definition) is 3. The maximum atomic E-state index is 4.49. The van der Waals surface area contributed by atoms with Gasteiger partial charge in [0.2, 0.25) is 0 Å². The molecule has 2 aromatic heterocycles. The van der Waals surface area contributed by atoms with Crippen LogP contribution in [0.25, 0.3) is 10.2 Å². The average Bonchev–Trinajstić information content (AvgIpc) is 2.93. The van der Waals surface area contributed by atoms with Crippen molar-refractivity contribution in [2.24, 2.45) is 0 Å². The zero-order valence-electron chi connectivity index (χ0n) is 11.1. The molecule has 1 aromatic carbocycles. The molecule has 0 aliphatic heterocycles. The molecule has 0 fully saturated rings. The number of pyridine rings is 1. The molecule has 0 amide bonds. The number of thiophene rings is 1. The van der Waals surface area contributed by atoms with Crippen LogP contribution in [-0.2, 0) is 6.54 Å². The molecule has 0 aliphatic carbocycles. The van der Waals surface area contributed by atoms with E-state index in [4.69, 9.17) is 0 Å². The van der Waals surface area contributed by atoms with Gasteiger partial charge in [-0.1, -0.05) is 28.1 Å². The molecule has 102 valence electrons. The van der Waals surface area contributed by atoms with E-state index in [-0.39, 0.29) is 6.04 Å². The minimum Gasteiger partial charge on any atom is -0.306 e. The molecule has 0 saturated carbocycles. The largest absolute Gasteiger partial charge is 0.306 e. The number of benzene rings is 1. The number of rotatable bonds is 4. The first-order valence-corrected chi connectivity index (χ1v) is 8.20. The monoisotopic (exact) mass is 346 g/mol. The molecule has 1 N–H and O–H groups in total. The van der Waals surface area contributed by atoms with Crippen LogP contribution in [0.15, 0.2) is 52.4 Å². The van der Waals surface area contributed by atoms with Crippen LogP contribution < -0.4 is 5.32 Å². The molecular formula is C16H15BrN2S. The summed E-state index contributed by atoms with van der Waals surface area (Å²) in [4.78, 5) is 4.49. The predicted octanol–water partition coefficient (Wildman–Crippen LogP) is 4.91. The van der Waals surface area contributed by atoms with Gasteiger partial charge in [0.15, 0.2) is 0 Å². The topological polar surface area (TPSA) is 24.9 Å². The second kappa shape index (κ2) is 6.04. The van der Waals surface area contributed by atoms with Crippen molar-refractivity contribution in [2.45, 2.75) is 19.5 Å². The number of nitrogens with zero attached hydrogens (tertiary/aromatic N) is 1. The highest BCUT2D eigenvalue weighted by Gasteiger charge is 2.07. The molecule has 0 bridgehead atoms. The molecular weight excluding hydrogens is 332 g/mol. The Labute approximate surface area is 131 Å². The van der Waals surface area contributed by atoms with Crippen molar-refractivity contribution in [3.05, 3.63) is 63.6 Å². The van der Waals surface area contributed by atoms with Crippen molar-refractivity contribution in [2.75, 3.05) is 0 Å². The van der Waals surface area contributed by atoms with Gasteiger partial charge in [-0.2, -0.15) is 0 Å². The zero-order valence-corrected chi connectivity index (χ0v) is 13.5. The lowest BCUT2D eigenvalue weighted by Crippen LogP contribution is -2.18. The van der Waals surface area contributed by atoms with Crippen LogP contribution >= 0.6 is 27.3 Å². The Balaban J connectivity index is 1.69. The SMILES string of the molecule is CC(NCc1ccc(Br)cc1)c1cnc2ccsc2c1. The van der Waals surface area contributed by atoms with Crippen LogP contribution in [-0.4, -0.2) is 4.98 Å². The first-order valence-electron chi connectivity index (χ1n) is 6.53. The summed E-state index contributed by atoms with van der Waals surface area (Å²) in [6.45, 7) is 3.03. The van der Waals surface area contributed by atoms with E-state index in [1.54, 1.807) is 11.3 Å². The molecule has 3 rings (SSSR count). The normalized spacial score (nSPS) is 12.7. The smallest absolute Gasteiger partial charge is 0.0809 e. The predicted molar refractivity (Wildman–Crippen MR) is 89.0 cm³/mol. The number of aromatic nitrogens is 1. The molecule has 0 saturated heterocycles. The summed E-state index contributed by atoms with van der Waals surface area (Å²) in [7, 11) is 0. The standard InChI is InChI=1S/C16H15BrN2S/c1-11(18-9-12-2-4-14(17)5-3-12)13-8-16-15(19-10-13)6-7-20-16/h2-8,10-11,18H,9H2,1H3. The molecule has 0 spiro atoms. The van der Waals surface area contributed by atoms with Crippen molar-refractivity contribution in [1.29, 1.82) is 0 Å². The highest BCUT2D eigenvalue weighted by atomic mass is 79.9. The fraction of sp³-hybridized carbons (Fsp3) is 0.188. The first kappa shape index (κ1) is 13.7.